The molecule has 1 amide bonds. The fraction of sp³-hybridized carbons (Fsp3) is 0.333. The van der Waals surface area contributed by atoms with Crippen LogP contribution in [0.15, 0.2) is 62.7 Å². The molecule has 0 aliphatic rings. The molecule has 202 valence electrons. The number of rotatable bonds is 10. The van der Waals surface area contributed by atoms with Gasteiger partial charge >= 0.3 is 5.69 Å². The highest BCUT2D eigenvalue weighted by atomic mass is 32.1. The van der Waals surface area contributed by atoms with Crippen molar-refractivity contribution in [1.29, 1.82) is 0 Å². The van der Waals surface area contributed by atoms with Crippen LogP contribution in [0.4, 0.5) is 0 Å². The molecule has 0 spiro atoms. The molecule has 0 saturated carbocycles. The molecular formula is C27H32N4O6S. The van der Waals surface area contributed by atoms with Crippen molar-refractivity contribution in [3.63, 3.8) is 0 Å². The van der Waals surface area contributed by atoms with Crippen LogP contribution in [0.2, 0.25) is 0 Å². The number of hydrogen-bond donors (Lipinski definition) is 0. The lowest BCUT2D eigenvalue weighted by Gasteiger charge is -2.21. The number of methoxy groups -OCH3 is 1. The number of benzene rings is 1. The number of carbonyl (C=O) groups is 1. The first-order chi connectivity index (χ1) is 18.0. The van der Waals surface area contributed by atoms with E-state index in [2.05, 4.69) is 5.16 Å². The third-order valence-corrected chi connectivity index (χ3v) is 6.06. The lowest BCUT2D eigenvalue weighted by molar-refractivity contribution is 0.0860. The third kappa shape index (κ3) is 6.41. The molecule has 3 rings (SSSR count). The maximum Gasteiger partial charge on any atom is 0.354 e. The van der Waals surface area contributed by atoms with Crippen molar-refractivity contribution in [3.05, 3.63) is 84.8 Å². The van der Waals surface area contributed by atoms with E-state index >= 15 is 0 Å². The highest BCUT2D eigenvalue weighted by molar-refractivity contribution is 7.12. The van der Waals surface area contributed by atoms with Gasteiger partial charge < -0.3 is 14.3 Å². The van der Waals surface area contributed by atoms with Crippen molar-refractivity contribution in [1.82, 2.24) is 9.24 Å². The number of amides is 1. The number of ether oxygens (including phenoxy) is 2. The van der Waals surface area contributed by atoms with Crippen molar-refractivity contribution in [2.24, 2.45) is 5.16 Å². The summed E-state index contributed by atoms with van der Waals surface area (Å²) in [6, 6.07) is 10.5. The van der Waals surface area contributed by atoms with E-state index in [1.807, 2.05) is 26.0 Å². The number of carbonyl (C=O) groups excluding carboxylic acids is 1. The molecule has 38 heavy (non-hydrogen) atoms. The van der Waals surface area contributed by atoms with E-state index in [9.17, 15) is 14.4 Å². The zero-order chi connectivity index (χ0) is 28.0. The van der Waals surface area contributed by atoms with Crippen molar-refractivity contribution in [2.75, 3.05) is 19.2 Å². The number of nitrogens with zero attached hydrogens (tertiary/aromatic N) is 4. The number of oxime groups is 1. The minimum absolute atomic E-state index is 0.0660. The SMILES string of the molecule is COc1ccccc1/C(=C/n1cc(/C(C)=N/OC(C)C)c(=O)n(N(C)C(=O)c2cccs2)c1=O)OC(C)C. The zero-order valence-electron chi connectivity index (χ0n) is 22.5. The monoisotopic (exact) mass is 540 g/mol. The Morgan fingerprint density at radius 3 is 2.37 bits per heavy atom. The minimum atomic E-state index is -0.775. The maximum atomic E-state index is 13.7. The molecule has 0 unspecified atom stereocenters. The molecule has 2 aromatic heterocycles. The Kier molecular flexibility index (Phi) is 9.30. The van der Waals surface area contributed by atoms with Crippen LogP contribution in [0.1, 0.15) is 55.4 Å². The normalized spacial score (nSPS) is 12.1. The summed E-state index contributed by atoms with van der Waals surface area (Å²) in [5, 5.41) is 6.78. The fourth-order valence-corrected chi connectivity index (χ4v) is 4.13. The van der Waals surface area contributed by atoms with Crippen LogP contribution < -0.4 is 21.0 Å². The summed E-state index contributed by atoms with van der Waals surface area (Å²) in [7, 11) is 2.90. The van der Waals surface area contributed by atoms with E-state index in [0.29, 0.717) is 21.9 Å². The molecule has 10 nitrogen and oxygen atoms in total. The second-order valence-corrected chi connectivity index (χ2v) is 9.79. The summed E-state index contributed by atoms with van der Waals surface area (Å²) >= 11 is 1.21. The Morgan fingerprint density at radius 2 is 1.76 bits per heavy atom. The Bertz CT molecular complexity index is 1450. The molecule has 0 fully saturated rings. The highest BCUT2D eigenvalue weighted by Gasteiger charge is 2.23. The van der Waals surface area contributed by atoms with Gasteiger partial charge in [0.15, 0.2) is 0 Å². The Balaban J connectivity index is 2.31. The van der Waals surface area contributed by atoms with Gasteiger partial charge in [0.1, 0.15) is 17.6 Å². The lowest BCUT2D eigenvalue weighted by atomic mass is 10.1. The molecule has 11 heteroatoms. The van der Waals surface area contributed by atoms with E-state index in [0.717, 1.165) is 9.69 Å². The van der Waals surface area contributed by atoms with E-state index in [1.54, 1.807) is 50.4 Å². The van der Waals surface area contributed by atoms with Gasteiger partial charge in [-0.15, -0.1) is 11.3 Å². The Hall–Kier alpha value is -4.12. The number of thiophene rings is 1. The van der Waals surface area contributed by atoms with Crippen LogP contribution >= 0.6 is 11.3 Å². The smallest absolute Gasteiger partial charge is 0.354 e. The van der Waals surface area contributed by atoms with Crippen molar-refractivity contribution >= 4 is 34.9 Å². The molecule has 3 aromatic rings. The number of para-hydroxylation sites is 1. The van der Waals surface area contributed by atoms with Gasteiger partial charge in [0.25, 0.3) is 11.5 Å². The van der Waals surface area contributed by atoms with Crippen molar-refractivity contribution in [3.8, 4) is 5.75 Å². The fourth-order valence-electron chi connectivity index (χ4n) is 3.44. The summed E-state index contributed by atoms with van der Waals surface area (Å²) in [4.78, 5) is 46.0. The van der Waals surface area contributed by atoms with Crippen LogP contribution in [-0.2, 0) is 9.57 Å². The summed E-state index contributed by atoms with van der Waals surface area (Å²) in [5.41, 5.74) is -0.587. The first-order valence-electron chi connectivity index (χ1n) is 12.0. The Labute approximate surface area is 225 Å². The second-order valence-electron chi connectivity index (χ2n) is 8.85. The molecule has 0 N–H and O–H groups in total. The van der Waals surface area contributed by atoms with Crippen LogP contribution in [0.5, 0.6) is 5.75 Å². The van der Waals surface area contributed by atoms with Crippen molar-refractivity contribution in [2.45, 2.75) is 46.8 Å². The molecule has 0 aliphatic carbocycles. The number of hydrogen-bond acceptors (Lipinski definition) is 8. The highest BCUT2D eigenvalue weighted by Crippen LogP contribution is 2.28. The molecule has 0 atom stereocenters. The first-order valence-corrected chi connectivity index (χ1v) is 12.9. The van der Waals surface area contributed by atoms with Gasteiger partial charge in [0.2, 0.25) is 0 Å². The van der Waals surface area contributed by atoms with Crippen molar-refractivity contribution < 1.29 is 19.1 Å². The summed E-state index contributed by atoms with van der Waals surface area (Å²) in [6.07, 6.45) is 2.35. The maximum absolute atomic E-state index is 13.7. The largest absolute Gasteiger partial charge is 0.496 e. The third-order valence-electron chi connectivity index (χ3n) is 5.20. The van der Waals surface area contributed by atoms with Gasteiger partial charge in [-0.3, -0.25) is 14.2 Å². The molecule has 0 bridgehead atoms. The van der Waals surface area contributed by atoms with Gasteiger partial charge in [-0.1, -0.05) is 23.4 Å². The van der Waals surface area contributed by atoms with Crippen LogP contribution in [0.25, 0.3) is 12.0 Å². The van der Waals surface area contributed by atoms with E-state index in [-0.39, 0.29) is 23.5 Å². The molecule has 0 saturated heterocycles. The standard InChI is InChI=1S/C27H32N4O6S/c1-17(2)36-23(20-11-8-9-12-22(20)35-7)16-30-15-21(19(5)28-37-18(3)4)25(32)31(27(30)34)29(6)26(33)24-13-10-14-38-24/h8-18H,1-7H3/b23-16-,28-19+. The van der Waals surface area contributed by atoms with Gasteiger partial charge in [-0.05, 0) is 58.2 Å². The molecule has 1 aromatic carbocycles. The molecule has 2 heterocycles. The van der Waals surface area contributed by atoms with Crippen LogP contribution in [0.3, 0.4) is 0 Å². The van der Waals surface area contributed by atoms with E-state index in [1.165, 1.54) is 42.5 Å². The first kappa shape index (κ1) is 28.5. The lowest BCUT2D eigenvalue weighted by Crippen LogP contribution is -2.53. The topological polar surface area (TPSA) is 104 Å². The molecular weight excluding hydrogens is 508 g/mol. The Morgan fingerprint density at radius 1 is 1.05 bits per heavy atom. The average molecular weight is 541 g/mol. The molecule has 0 radical (unpaired) electrons. The summed E-state index contributed by atoms with van der Waals surface area (Å²) in [6.45, 7) is 8.90. The van der Waals surface area contributed by atoms with Gasteiger partial charge in [0.05, 0.1) is 41.1 Å². The van der Waals surface area contributed by atoms with E-state index < -0.39 is 17.2 Å². The van der Waals surface area contributed by atoms with Crippen LogP contribution in [-0.4, -0.2) is 47.2 Å². The number of aromatic nitrogens is 2. The summed E-state index contributed by atoms with van der Waals surface area (Å²) < 4.78 is 13.5. The quantitative estimate of drug-likeness (QED) is 0.219. The average Bonchev–Trinajstić information content (AvgIpc) is 3.42. The molecule has 0 aliphatic heterocycles. The summed E-state index contributed by atoms with van der Waals surface area (Å²) in [5.74, 6) is 0.355. The minimum Gasteiger partial charge on any atom is -0.496 e. The second kappa shape index (κ2) is 12.4. The van der Waals surface area contributed by atoms with Gasteiger partial charge in [0, 0.05) is 13.2 Å². The van der Waals surface area contributed by atoms with E-state index in [4.69, 9.17) is 14.3 Å². The predicted molar refractivity (Wildman–Crippen MR) is 150 cm³/mol. The predicted octanol–water partition coefficient (Wildman–Crippen LogP) is 4.02. The zero-order valence-corrected chi connectivity index (χ0v) is 23.3. The van der Waals surface area contributed by atoms with Crippen LogP contribution in [0, 0.1) is 0 Å². The van der Waals surface area contributed by atoms with Gasteiger partial charge in [-0.25, -0.2) is 9.80 Å². The van der Waals surface area contributed by atoms with Gasteiger partial charge in [-0.2, -0.15) is 4.68 Å².